The first kappa shape index (κ1) is 15.5. The van der Waals surface area contributed by atoms with Crippen molar-refractivity contribution < 1.29 is 9.53 Å². The van der Waals surface area contributed by atoms with Gasteiger partial charge in [-0.05, 0) is 17.7 Å². The SMILES string of the molecule is COC(=O)C[C@@H](N)c1ccc(Cl)cc1Cl.Cl. The molecular formula is C10H12Cl3NO2. The number of esters is 1. The first-order valence-electron chi connectivity index (χ1n) is 4.32. The second-order valence-corrected chi connectivity index (χ2v) is 3.90. The van der Waals surface area contributed by atoms with Crippen molar-refractivity contribution in [1.29, 1.82) is 0 Å². The molecule has 0 bridgehead atoms. The molecule has 0 aromatic heterocycles. The van der Waals surface area contributed by atoms with Gasteiger partial charge in [0.05, 0.1) is 13.5 Å². The van der Waals surface area contributed by atoms with Gasteiger partial charge in [-0.3, -0.25) is 4.79 Å². The van der Waals surface area contributed by atoms with Crippen LogP contribution in [0.5, 0.6) is 0 Å². The van der Waals surface area contributed by atoms with Crippen LogP contribution in [0, 0.1) is 0 Å². The molecule has 0 unspecified atom stereocenters. The van der Waals surface area contributed by atoms with Crippen LogP contribution < -0.4 is 5.73 Å². The highest BCUT2D eigenvalue weighted by Crippen LogP contribution is 2.26. The summed E-state index contributed by atoms with van der Waals surface area (Å²) in [4.78, 5) is 11.0. The van der Waals surface area contributed by atoms with Gasteiger partial charge < -0.3 is 10.5 Å². The van der Waals surface area contributed by atoms with E-state index in [4.69, 9.17) is 28.9 Å². The van der Waals surface area contributed by atoms with Crippen molar-refractivity contribution in [2.75, 3.05) is 7.11 Å². The minimum atomic E-state index is -0.470. The van der Waals surface area contributed by atoms with Gasteiger partial charge in [-0.1, -0.05) is 29.3 Å². The molecule has 0 aliphatic carbocycles. The lowest BCUT2D eigenvalue weighted by Gasteiger charge is -2.12. The molecule has 0 radical (unpaired) electrons. The quantitative estimate of drug-likeness (QED) is 0.868. The molecule has 0 spiro atoms. The van der Waals surface area contributed by atoms with Crippen molar-refractivity contribution in [3.05, 3.63) is 33.8 Å². The van der Waals surface area contributed by atoms with Gasteiger partial charge in [0, 0.05) is 16.1 Å². The summed E-state index contributed by atoms with van der Waals surface area (Å²) in [5.41, 5.74) is 6.48. The number of carbonyl (C=O) groups excluding carboxylic acids is 1. The molecule has 6 heteroatoms. The fourth-order valence-electron chi connectivity index (χ4n) is 1.18. The Morgan fingerprint density at radius 2 is 2.12 bits per heavy atom. The van der Waals surface area contributed by atoms with Crippen LogP contribution in [0.1, 0.15) is 18.0 Å². The Morgan fingerprint density at radius 1 is 1.50 bits per heavy atom. The lowest BCUT2D eigenvalue weighted by atomic mass is 10.1. The Hall–Kier alpha value is -0.480. The lowest BCUT2D eigenvalue weighted by molar-refractivity contribution is -0.141. The van der Waals surface area contributed by atoms with Gasteiger partial charge in [0.15, 0.2) is 0 Å². The summed E-state index contributed by atoms with van der Waals surface area (Å²) < 4.78 is 4.52. The van der Waals surface area contributed by atoms with Crippen molar-refractivity contribution in [3.63, 3.8) is 0 Å². The van der Waals surface area contributed by atoms with Crippen molar-refractivity contribution in [3.8, 4) is 0 Å². The number of benzene rings is 1. The maximum absolute atomic E-state index is 11.0. The van der Waals surface area contributed by atoms with Crippen LogP contribution in [0.2, 0.25) is 10.0 Å². The molecule has 0 saturated carbocycles. The van der Waals surface area contributed by atoms with E-state index in [2.05, 4.69) is 4.74 Å². The van der Waals surface area contributed by atoms with Crippen molar-refractivity contribution in [2.24, 2.45) is 5.73 Å². The van der Waals surface area contributed by atoms with E-state index < -0.39 is 6.04 Å². The lowest BCUT2D eigenvalue weighted by Crippen LogP contribution is -2.16. The molecule has 1 atom stereocenters. The van der Waals surface area contributed by atoms with Crippen LogP contribution in [0.25, 0.3) is 0 Å². The third-order valence-electron chi connectivity index (χ3n) is 1.98. The Labute approximate surface area is 110 Å². The fraction of sp³-hybridized carbons (Fsp3) is 0.300. The highest BCUT2D eigenvalue weighted by atomic mass is 35.5. The number of methoxy groups -OCH3 is 1. The molecule has 0 saturated heterocycles. The highest BCUT2D eigenvalue weighted by molar-refractivity contribution is 6.35. The standard InChI is InChI=1S/C10H11Cl2NO2.ClH/c1-15-10(14)5-9(13)7-3-2-6(11)4-8(7)12;/h2-4,9H,5,13H2,1H3;1H/t9-;/m1./s1. The third-order valence-corrected chi connectivity index (χ3v) is 2.54. The summed E-state index contributed by atoms with van der Waals surface area (Å²) in [7, 11) is 1.32. The van der Waals surface area contributed by atoms with E-state index in [1.165, 1.54) is 7.11 Å². The molecule has 0 heterocycles. The number of ether oxygens (including phenoxy) is 1. The second-order valence-electron chi connectivity index (χ2n) is 3.05. The average molecular weight is 285 g/mol. The molecule has 1 aromatic rings. The van der Waals surface area contributed by atoms with Crippen LogP contribution >= 0.6 is 35.6 Å². The summed E-state index contributed by atoms with van der Waals surface area (Å²) >= 11 is 11.7. The summed E-state index contributed by atoms with van der Waals surface area (Å²) in [5.74, 6) is -0.367. The van der Waals surface area contributed by atoms with Crippen LogP contribution in [0.15, 0.2) is 18.2 Å². The van der Waals surface area contributed by atoms with Crippen LogP contribution in [-0.4, -0.2) is 13.1 Å². The summed E-state index contributed by atoms with van der Waals surface area (Å²) in [6.07, 6.45) is 0.0951. The number of rotatable bonds is 3. The van der Waals surface area contributed by atoms with Crippen molar-refractivity contribution in [1.82, 2.24) is 0 Å². The molecule has 1 aromatic carbocycles. The summed E-state index contributed by atoms with van der Waals surface area (Å²) in [5, 5.41) is 0.993. The van der Waals surface area contributed by atoms with E-state index in [9.17, 15) is 4.79 Å². The molecule has 0 fully saturated rings. The Morgan fingerprint density at radius 3 is 2.62 bits per heavy atom. The van der Waals surface area contributed by atoms with Gasteiger partial charge in [-0.15, -0.1) is 12.4 Å². The van der Waals surface area contributed by atoms with Gasteiger partial charge in [-0.2, -0.15) is 0 Å². The molecule has 2 N–H and O–H groups in total. The van der Waals surface area contributed by atoms with Crippen molar-refractivity contribution >= 4 is 41.6 Å². The monoisotopic (exact) mass is 283 g/mol. The van der Waals surface area contributed by atoms with E-state index in [0.29, 0.717) is 15.6 Å². The first-order valence-corrected chi connectivity index (χ1v) is 5.07. The largest absolute Gasteiger partial charge is 0.469 e. The van der Waals surface area contributed by atoms with Gasteiger partial charge in [0.1, 0.15) is 0 Å². The molecule has 16 heavy (non-hydrogen) atoms. The predicted molar refractivity (Wildman–Crippen MR) is 67.3 cm³/mol. The summed E-state index contributed by atoms with van der Waals surface area (Å²) in [6, 6.07) is 4.51. The number of hydrogen-bond donors (Lipinski definition) is 1. The number of nitrogens with two attached hydrogens (primary N) is 1. The predicted octanol–water partition coefficient (Wildman–Crippen LogP) is 2.98. The molecule has 3 nitrogen and oxygen atoms in total. The Balaban J connectivity index is 0.00000225. The molecule has 0 aliphatic rings. The third kappa shape index (κ3) is 4.18. The van der Waals surface area contributed by atoms with Gasteiger partial charge >= 0.3 is 5.97 Å². The topological polar surface area (TPSA) is 52.3 Å². The molecule has 90 valence electrons. The molecule has 0 amide bonds. The fourth-order valence-corrected chi connectivity index (χ4v) is 1.72. The summed E-state index contributed by atoms with van der Waals surface area (Å²) in [6.45, 7) is 0. The number of hydrogen-bond acceptors (Lipinski definition) is 3. The molecule has 0 aliphatic heterocycles. The van der Waals surface area contributed by atoms with Gasteiger partial charge in [0.2, 0.25) is 0 Å². The van der Waals surface area contributed by atoms with Gasteiger partial charge in [0.25, 0.3) is 0 Å². The van der Waals surface area contributed by atoms with Crippen LogP contribution in [-0.2, 0) is 9.53 Å². The normalized spacial score (nSPS) is 11.5. The zero-order valence-corrected chi connectivity index (χ0v) is 10.9. The van der Waals surface area contributed by atoms with E-state index in [-0.39, 0.29) is 24.8 Å². The van der Waals surface area contributed by atoms with E-state index >= 15 is 0 Å². The molecule has 1 rings (SSSR count). The maximum atomic E-state index is 11.0. The van der Waals surface area contributed by atoms with Crippen molar-refractivity contribution in [2.45, 2.75) is 12.5 Å². The highest BCUT2D eigenvalue weighted by Gasteiger charge is 2.14. The smallest absolute Gasteiger partial charge is 0.307 e. The second kappa shape index (κ2) is 6.97. The molecular weight excluding hydrogens is 272 g/mol. The van der Waals surface area contributed by atoms with E-state index in [1.54, 1.807) is 18.2 Å². The van der Waals surface area contributed by atoms with E-state index in [1.807, 2.05) is 0 Å². The number of carbonyl (C=O) groups is 1. The van der Waals surface area contributed by atoms with E-state index in [0.717, 1.165) is 0 Å². The van der Waals surface area contributed by atoms with Gasteiger partial charge in [-0.25, -0.2) is 0 Å². The Bertz CT molecular complexity index is 371. The zero-order chi connectivity index (χ0) is 11.4. The van der Waals surface area contributed by atoms with Crippen LogP contribution in [0.3, 0.4) is 0 Å². The minimum Gasteiger partial charge on any atom is -0.469 e. The minimum absolute atomic E-state index is 0. The zero-order valence-electron chi connectivity index (χ0n) is 8.57. The maximum Gasteiger partial charge on any atom is 0.307 e. The average Bonchev–Trinajstić information content (AvgIpc) is 2.17. The number of halogens is 3. The van der Waals surface area contributed by atoms with Crippen LogP contribution in [0.4, 0.5) is 0 Å². The Kier molecular flexibility index (Phi) is 6.76. The first-order chi connectivity index (χ1) is 7.04.